The summed E-state index contributed by atoms with van der Waals surface area (Å²) in [7, 11) is -1.84. The molecule has 126 valence electrons. The SMILES string of the molecule is C[C@@H](O[Si](C)(C)C(C)(C)C)[C@H]1C(=O)N[C@@H]1C1CCCC2OC21. The number of nitrogens with one attached hydrogen (secondary N) is 1. The fourth-order valence-corrected chi connectivity index (χ4v) is 5.31. The summed E-state index contributed by atoms with van der Waals surface area (Å²) >= 11 is 0. The molecule has 0 aromatic heterocycles. The van der Waals surface area contributed by atoms with Gasteiger partial charge in [0.1, 0.15) is 0 Å². The molecule has 22 heavy (non-hydrogen) atoms. The van der Waals surface area contributed by atoms with E-state index < -0.39 is 8.32 Å². The second-order valence-corrected chi connectivity index (χ2v) is 13.6. The van der Waals surface area contributed by atoms with E-state index in [1.807, 2.05) is 0 Å². The van der Waals surface area contributed by atoms with E-state index in [4.69, 9.17) is 9.16 Å². The fraction of sp³-hybridized carbons (Fsp3) is 0.941. The van der Waals surface area contributed by atoms with E-state index in [2.05, 4.69) is 46.1 Å². The zero-order valence-corrected chi connectivity index (χ0v) is 15.8. The Labute approximate surface area is 135 Å². The number of rotatable bonds is 4. The highest BCUT2D eigenvalue weighted by atomic mass is 28.4. The van der Waals surface area contributed by atoms with E-state index in [1.165, 1.54) is 19.3 Å². The molecule has 6 atom stereocenters. The Hall–Kier alpha value is -0.393. The Morgan fingerprint density at radius 2 is 2.00 bits per heavy atom. The van der Waals surface area contributed by atoms with Crippen molar-refractivity contribution in [2.45, 2.75) is 89.4 Å². The molecule has 1 saturated carbocycles. The van der Waals surface area contributed by atoms with Crippen molar-refractivity contribution in [3.05, 3.63) is 0 Å². The van der Waals surface area contributed by atoms with Gasteiger partial charge in [-0.05, 0) is 37.9 Å². The van der Waals surface area contributed by atoms with Gasteiger partial charge in [0, 0.05) is 12.0 Å². The minimum absolute atomic E-state index is 0.00114. The van der Waals surface area contributed by atoms with Crippen molar-refractivity contribution < 1.29 is 14.0 Å². The second kappa shape index (κ2) is 5.31. The molecule has 2 heterocycles. The van der Waals surface area contributed by atoms with Gasteiger partial charge in [0.15, 0.2) is 8.32 Å². The summed E-state index contributed by atoms with van der Waals surface area (Å²) in [6.45, 7) is 13.3. The van der Waals surface area contributed by atoms with E-state index in [-0.39, 0.29) is 29.0 Å². The van der Waals surface area contributed by atoms with Crippen LogP contribution in [0.1, 0.15) is 47.0 Å². The van der Waals surface area contributed by atoms with E-state index in [0.29, 0.717) is 18.1 Å². The molecule has 0 aromatic rings. The standard InChI is InChI=1S/C17H31NO3Si/c1-10(21-22(5,6)17(2,3)4)13-14(18-16(13)19)11-8-7-9-12-15(11)20-12/h10-15H,7-9H2,1-6H3,(H,18,19)/t10-,11?,12?,13-,14-,15?/m1/s1. The minimum atomic E-state index is -1.84. The van der Waals surface area contributed by atoms with Crippen LogP contribution in [0.2, 0.25) is 18.1 Å². The van der Waals surface area contributed by atoms with Gasteiger partial charge in [-0.1, -0.05) is 27.2 Å². The first-order valence-corrected chi connectivity index (χ1v) is 11.7. The Kier molecular flexibility index (Phi) is 3.98. The van der Waals surface area contributed by atoms with Crippen LogP contribution in [0.3, 0.4) is 0 Å². The molecule has 3 rings (SSSR count). The average Bonchev–Trinajstić information content (AvgIpc) is 3.12. The zero-order valence-electron chi connectivity index (χ0n) is 14.8. The fourth-order valence-electron chi connectivity index (χ4n) is 3.88. The monoisotopic (exact) mass is 325 g/mol. The highest BCUT2D eigenvalue weighted by Gasteiger charge is 2.57. The summed E-state index contributed by atoms with van der Waals surface area (Å²) < 4.78 is 12.3. The maximum absolute atomic E-state index is 12.2. The Morgan fingerprint density at radius 1 is 1.32 bits per heavy atom. The summed E-state index contributed by atoms with van der Waals surface area (Å²) in [5, 5.41) is 3.31. The minimum Gasteiger partial charge on any atom is -0.413 e. The molecule has 1 amide bonds. The molecule has 2 aliphatic heterocycles. The molecule has 0 aromatic carbocycles. The van der Waals surface area contributed by atoms with Crippen LogP contribution in [0.15, 0.2) is 0 Å². The van der Waals surface area contributed by atoms with Crippen molar-refractivity contribution in [1.29, 1.82) is 0 Å². The van der Waals surface area contributed by atoms with Crippen molar-refractivity contribution in [1.82, 2.24) is 5.32 Å². The first kappa shape index (κ1) is 16.5. The first-order valence-electron chi connectivity index (χ1n) is 8.75. The molecular weight excluding hydrogens is 294 g/mol. The van der Waals surface area contributed by atoms with Crippen LogP contribution >= 0.6 is 0 Å². The van der Waals surface area contributed by atoms with Crippen molar-refractivity contribution in [2.75, 3.05) is 0 Å². The number of carbonyl (C=O) groups is 1. The molecule has 0 radical (unpaired) electrons. The molecule has 2 saturated heterocycles. The lowest BCUT2D eigenvalue weighted by molar-refractivity contribution is -0.142. The Balaban J connectivity index is 1.66. The number of β-lactam (4-membered cyclic amide) rings is 1. The molecule has 5 heteroatoms. The van der Waals surface area contributed by atoms with Gasteiger partial charge in [-0.2, -0.15) is 0 Å². The number of hydrogen-bond donors (Lipinski definition) is 1. The zero-order chi connectivity index (χ0) is 16.3. The number of amides is 1. The van der Waals surface area contributed by atoms with Gasteiger partial charge >= 0.3 is 0 Å². The quantitative estimate of drug-likeness (QED) is 0.491. The van der Waals surface area contributed by atoms with Crippen LogP contribution in [0.4, 0.5) is 0 Å². The third-order valence-electron chi connectivity index (χ3n) is 6.32. The summed E-state index contributed by atoms with van der Waals surface area (Å²) in [4.78, 5) is 12.2. The van der Waals surface area contributed by atoms with Crippen LogP contribution in [-0.2, 0) is 14.0 Å². The number of fused-ring (bicyclic) bond motifs is 1. The van der Waals surface area contributed by atoms with Crippen LogP contribution < -0.4 is 5.32 Å². The summed E-state index contributed by atoms with van der Waals surface area (Å²) in [5.74, 6) is 0.660. The largest absolute Gasteiger partial charge is 0.413 e. The van der Waals surface area contributed by atoms with Gasteiger partial charge in [-0.25, -0.2) is 0 Å². The maximum atomic E-state index is 12.2. The van der Waals surface area contributed by atoms with Crippen LogP contribution in [0, 0.1) is 11.8 Å². The van der Waals surface area contributed by atoms with Gasteiger partial charge in [-0.15, -0.1) is 0 Å². The second-order valence-electron chi connectivity index (χ2n) is 8.88. The average molecular weight is 326 g/mol. The molecule has 1 N–H and O–H groups in total. The lowest BCUT2D eigenvalue weighted by atomic mass is 9.72. The van der Waals surface area contributed by atoms with E-state index in [9.17, 15) is 4.79 Å². The topological polar surface area (TPSA) is 50.9 Å². The molecule has 3 unspecified atom stereocenters. The molecule has 3 aliphatic rings. The molecule has 0 bridgehead atoms. The van der Waals surface area contributed by atoms with E-state index in [1.54, 1.807) is 0 Å². The Bertz CT molecular complexity index is 459. The highest BCUT2D eigenvalue weighted by molar-refractivity contribution is 6.74. The third-order valence-corrected chi connectivity index (χ3v) is 10.9. The maximum Gasteiger partial charge on any atom is 0.228 e. The summed E-state index contributed by atoms with van der Waals surface area (Å²) in [6, 6.07) is 0.252. The summed E-state index contributed by atoms with van der Waals surface area (Å²) in [5.41, 5.74) is 0. The Morgan fingerprint density at radius 3 is 2.59 bits per heavy atom. The van der Waals surface area contributed by atoms with Crippen molar-refractivity contribution >= 4 is 14.2 Å². The van der Waals surface area contributed by atoms with Gasteiger partial charge in [-0.3, -0.25) is 4.79 Å². The van der Waals surface area contributed by atoms with Crippen molar-refractivity contribution in [2.24, 2.45) is 11.8 Å². The molecule has 4 nitrogen and oxygen atoms in total. The molecule has 0 spiro atoms. The smallest absolute Gasteiger partial charge is 0.228 e. The lowest BCUT2D eigenvalue weighted by Gasteiger charge is -2.48. The van der Waals surface area contributed by atoms with Crippen LogP contribution in [0.25, 0.3) is 0 Å². The van der Waals surface area contributed by atoms with Crippen molar-refractivity contribution in [3.63, 3.8) is 0 Å². The number of hydrogen-bond acceptors (Lipinski definition) is 3. The number of carbonyl (C=O) groups excluding carboxylic acids is 1. The van der Waals surface area contributed by atoms with Gasteiger partial charge in [0.25, 0.3) is 0 Å². The predicted molar refractivity (Wildman–Crippen MR) is 89.2 cm³/mol. The predicted octanol–water partition coefficient (Wildman–Crippen LogP) is 3.08. The summed E-state index contributed by atoms with van der Waals surface area (Å²) in [6.07, 6.45) is 4.45. The third kappa shape index (κ3) is 2.76. The van der Waals surface area contributed by atoms with Gasteiger partial charge in [0.05, 0.1) is 24.2 Å². The molecule has 3 fully saturated rings. The van der Waals surface area contributed by atoms with Crippen LogP contribution in [-0.4, -0.2) is 38.6 Å². The van der Waals surface area contributed by atoms with Crippen LogP contribution in [0.5, 0.6) is 0 Å². The number of ether oxygens (including phenoxy) is 1. The van der Waals surface area contributed by atoms with E-state index in [0.717, 1.165) is 0 Å². The highest BCUT2D eigenvalue weighted by Crippen LogP contribution is 2.46. The first-order chi connectivity index (χ1) is 10.1. The number of epoxide rings is 1. The molecular formula is C17H31NO3Si. The van der Waals surface area contributed by atoms with E-state index >= 15 is 0 Å². The van der Waals surface area contributed by atoms with Crippen molar-refractivity contribution in [3.8, 4) is 0 Å². The molecule has 1 aliphatic carbocycles. The lowest BCUT2D eigenvalue weighted by Crippen LogP contribution is -2.67. The normalized spacial score (nSPS) is 39.5. The van der Waals surface area contributed by atoms with Gasteiger partial charge in [0.2, 0.25) is 5.91 Å². The van der Waals surface area contributed by atoms with Gasteiger partial charge < -0.3 is 14.5 Å².